The van der Waals surface area contributed by atoms with Gasteiger partial charge in [-0.05, 0) is 42.8 Å². The number of methoxy groups -OCH3 is 1. The first-order chi connectivity index (χ1) is 10.2. The van der Waals surface area contributed by atoms with Crippen molar-refractivity contribution in [3.8, 4) is 11.6 Å². The lowest BCUT2D eigenvalue weighted by molar-refractivity contribution is 0.199. The number of hydrogen-bond donors (Lipinski definition) is 1. The van der Waals surface area contributed by atoms with Crippen molar-refractivity contribution in [2.75, 3.05) is 20.3 Å². The topological polar surface area (TPSA) is 43.4 Å². The summed E-state index contributed by atoms with van der Waals surface area (Å²) < 4.78 is 10.7. The van der Waals surface area contributed by atoms with Crippen LogP contribution in [0.2, 0.25) is 5.02 Å². The van der Waals surface area contributed by atoms with Crippen molar-refractivity contribution in [1.29, 1.82) is 0 Å². The van der Waals surface area contributed by atoms with E-state index in [1.165, 1.54) is 0 Å². The molecule has 112 valence electrons. The minimum absolute atomic E-state index is 0.609. The van der Waals surface area contributed by atoms with Crippen LogP contribution in [0.5, 0.6) is 11.6 Å². The fourth-order valence-electron chi connectivity index (χ4n) is 1.85. The summed E-state index contributed by atoms with van der Waals surface area (Å²) in [5.74, 6) is 1.33. The zero-order chi connectivity index (χ0) is 15.1. The maximum atomic E-state index is 5.85. The number of halogens is 1. The molecule has 0 saturated carbocycles. The van der Waals surface area contributed by atoms with Gasteiger partial charge in [-0.25, -0.2) is 4.98 Å². The summed E-state index contributed by atoms with van der Waals surface area (Å²) >= 11 is 5.85. The van der Waals surface area contributed by atoms with E-state index in [-0.39, 0.29) is 0 Å². The van der Waals surface area contributed by atoms with E-state index in [1.807, 2.05) is 25.3 Å². The SMILES string of the molecule is COCCNCc1cnc(Oc2ccc(Cl)cc2)c(C)c1. The van der Waals surface area contributed by atoms with E-state index < -0.39 is 0 Å². The van der Waals surface area contributed by atoms with Crippen molar-refractivity contribution in [2.24, 2.45) is 0 Å². The van der Waals surface area contributed by atoms with Crippen molar-refractivity contribution >= 4 is 11.6 Å². The van der Waals surface area contributed by atoms with Gasteiger partial charge in [-0.3, -0.25) is 0 Å². The maximum absolute atomic E-state index is 5.85. The molecular formula is C16H19ClN2O2. The fourth-order valence-corrected chi connectivity index (χ4v) is 1.97. The molecule has 0 spiro atoms. The number of hydrogen-bond acceptors (Lipinski definition) is 4. The Morgan fingerprint density at radius 3 is 2.67 bits per heavy atom. The number of aromatic nitrogens is 1. The predicted molar refractivity (Wildman–Crippen MR) is 84.1 cm³/mol. The number of nitrogens with one attached hydrogen (secondary N) is 1. The molecule has 5 heteroatoms. The van der Waals surface area contributed by atoms with Gasteiger partial charge >= 0.3 is 0 Å². The normalized spacial score (nSPS) is 10.6. The van der Waals surface area contributed by atoms with Crippen molar-refractivity contribution < 1.29 is 9.47 Å². The van der Waals surface area contributed by atoms with Gasteiger partial charge in [0.25, 0.3) is 0 Å². The molecular weight excluding hydrogens is 288 g/mol. The van der Waals surface area contributed by atoms with Crippen molar-refractivity contribution in [1.82, 2.24) is 10.3 Å². The highest BCUT2D eigenvalue weighted by molar-refractivity contribution is 6.30. The number of aryl methyl sites for hydroxylation is 1. The Bertz CT molecular complexity index is 573. The average Bonchev–Trinajstić information content (AvgIpc) is 2.48. The van der Waals surface area contributed by atoms with Gasteiger partial charge in [-0.15, -0.1) is 0 Å². The zero-order valence-corrected chi connectivity index (χ0v) is 13.0. The molecule has 1 aromatic heterocycles. The number of pyridine rings is 1. The standard InChI is InChI=1S/C16H19ClN2O2/c1-12-9-13(10-18-7-8-20-2)11-19-16(12)21-15-5-3-14(17)4-6-15/h3-6,9,11,18H,7-8,10H2,1-2H3. The van der Waals surface area contributed by atoms with Gasteiger partial charge in [0.05, 0.1) is 6.61 Å². The molecule has 0 fully saturated rings. The highest BCUT2D eigenvalue weighted by Crippen LogP contribution is 2.24. The van der Waals surface area contributed by atoms with Gasteiger partial charge in [0.2, 0.25) is 5.88 Å². The number of ether oxygens (including phenoxy) is 2. The lowest BCUT2D eigenvalue weighted by atomic mass is 10.2. The Morgan fingerprint density at radius 1 is 1.24 bits per heavy atom. The number of nitrogens with zero attached hydrogens (tertiary/aromatic N) is 1. The molecule has 0 aliphatic heterocycles. The van der Waals surface area contributed by atoms with E-state index in [1.54, 1.807) is 19.2 Å². The Kier molecular flexibility index (Phi) is 5.99. The average molecular weight is 307 g/mol. The van der Waals surface area contributed by atoms with Crippen LogP contribution in [-0.2, 0) is 11.3 Å². The van der Waals surface area contributed by atoms with Crippen LogP contribution in [0.3, 0.4) is 0 Å². The van der Waals surface area contributed by atoms with Crippen molar-refractivity contribution in [3.05, 3.63) is 52.7 Å². The molecule has 1 N–H and O–H groups in total. The molecule has 0 unspecified atom stereocenters. The summed E-state index contributed by atoms with van der Waals surface area (Å²) in [5, 5.41) is 3.97. The first-order valence-corrected chi connectivity index (χ1v) is 7.15. The van der Waals surface area contributed by atoms with Gasteiger partial charge in [0.15, 0.2) is 0 Å². The largest absolute Gasteiger partial charge is 0.439 e. The maximum Gasteiger partial charge on any atom is 0.222 e. The van der Waals surface area contributed by atoms with Crippen LogP contribution in [0.15, 0.2) is 36.5 Å². The quantitative estimate of drug-likeness (QED) is 0.794. The molecule has 0 atom stereocenters. The van der Waals surface area contributed by atoms with Gasteiger partial charge < -0.3 is 14.8 Å². The van der Waals surface area contributed by atoms with E-state index in [9.17, 15) is 0 Å². The van der Waals surface area contributed by atoms with Crippen LogP contribution in [0.4, 0.5) is 0 Å². The predicted octanol–water partition coefficient (Wildman–Crippen LogP) is 3.57. The molecule has 2 rings (SSSR count). The second-order valence-electron chi connectivity index (χ2n) is 4.69. The minimum Gasteiger partial charge on any atom is -0.439 e. The highest BCUT2D eigenvalue weighted by Gasteiger charge is 2.05. The Hall–Kier alpha value is -1.62. The Morgan fingerprint density at radius 2 is 2.00 bits per heavy atom. The number of benzene rings is 1. The molecule has 0 amide bonds. The third-order valence-electron chi connectivity index (χ3n) is 2.93. The van der Waals surface area contributed by atoms with E-state index in [4.69, 9.17) is 21.1 Å². The van der Waals surface area contributed by atoms with Gasteiger partial charge in [-0.2, -0.15) is 0 Å². The van der Waals surface area contributed by atoms with Gasteiger partial charge in [0, 0.05) is 37.0 Å². The van der Waals surface area contributed by atoms with E-state index in [0.717, 1.165) is 30.0 Å². The van der Waals surface area contributed by atoms with Gasteiger partial charge in [-0.1, -0.05) is 11.6 Å². The smallest absolute Gasteiger partial charge is 0.222 e. The summed E-state index contributed by atoms with van der Waals surface area (Å²) in [6.07, 6.45) is 1.82. The van der Waals surface area contributed by atoms with Crippen LogP contribution in [0.1, 0.15) is 11.1 Å². The summed E-state index contributed by atoms with van der Waals surface area (Å²) in [7, 11) is 1.69. The summed E-state index contributed by atoms with van der Waals surface area (Å²) in [5.41, 5.74) is 2.11. The van der Waals surface area contributed by atoms with Crippen molar-refractivity contribution in [2.45, 2.75) is 13.5 Å². The zero-order valence-electron chi connectivity index (χ0n) is 12.2. The van der Waals surface area contributed by atoms with Crippen LogP contribution < -0.4 is 10.1 Å². The summed E-state index contributed by atoms with van der Waals surface area (Å²) in [6, 6.07) is 9.30. The molecule has 0 radical (unpaired) electrons. The second-order valence-corrected chi connectivity index (χ2v) is 5.13. The summed E-state index contributed by atoms with van der Waals surface area (Å²) in [4.78, 5) is 4.37. The van der Waals surface area contributed by atoms with Crippen LogP contribution >= 0.6 is 11.6 Å². The van der Waals surface area contributed by atoms with Crippen LogP contribution in [0.25, 0.3) is 0 Å². The molecule has 2 aromatic rings. The van der Waals surface area contributed by atoms with Crippen molar-refractivity contribution in [3.63, 3.8) is 0 Å². The van der Waals surface area contributed by atoms with Crippen LogP contribution in [-0.4, -0.2) is 25.2 Å². The van der Waals surface area contributed by atoms with Crippen LogP contribution in [0, 0.1) is 6.92 Å². The lowest BCUT2D eigenvalue weighted by Gasteiger charge is -2.10. The fraction of sp³-hybridized carbons (Fsp3) is 0.312. The van der Waals surface area contributed by atoms with Gasteiger partial charge in [0.1, 0.15) is 5.75 Å². The molecule has 4 nitrogen and oxygen atoms in total. The first kappa shape index (κ1) is 15.8. The molecule has 0 saturated heterocycles. The summed E-state index contributed by atoms with van der Waals surface area (Å²) in [6.45, 7) is 4.26. The molecule has 0 bridgehead atoms. The molecule has 1 heterocycles. The molecule has 0 aliphatic rings. The lowest BCUT2D eigenvalue weighted by Crippen LogP contribution is -2.18. The van der Waals surface area contributed by atoms with E-state index in [2.05, 4.69) is 16.4 Å². The highest BCUT2D eigenvalue weighted by atomic mass is 35.5. The molecule has 21 heavy (non-hydrogen) atoms. The van der Waals surface area contributed by atoms with E-state index >= 15 is 0 Å². The van der Waals surface area contributed by atoms with E-state index in [0.29, 0.717) is 17.5 Å². The molecule has 0 aliphatic carbocycles. The monoisotopic (exact) mass is 306 g/mol. The second kappa shape index (κ2) is 7.98. The Balaban J connectivity index is 1.97. The third-order valence-corrected chi connectivity index (χ3v) is 3.18. The third kappa shape index (κ3) is 5.01. The molecule has 1 aromatic carbocycles. The Labute approximate surface area is 130 Å². The number of rotatable bonds is 7. The minimum atomic E-state index is 0.609. The first-order valence-electron chi connectivity index (χ1n) is 6.77.